The molecule has 1 fully saturated rings. The van der Waals surface area contributed by atoms with Crippen LogP contribution < -0.4 is 4.74 Å². The summed E-state index contributed by atoms with van der Waals surface area (Å²) < 4.78 is 9.18. The fourth-order valence-electron chi connectivity index (χ4n) is 4.91. The lowest BCUT2D eigenvalue weighted by atomic mass is 9.72. The van der Waals surface area contributed by atoms with Crippen LogP contribution in [0.1, 0.15) is 53.5 Å². The number of thiophene rings is 1. The number of hydrogen-bond acceptors (Lipinski definition) is 5. The van der Waals surface area contributed by atoms with Crippen LogP contribution in [0.25, 0.3) is 20.2 Å². The number of ether oxygens (including phenoxy) is 1. The summed E-state index contributed by atoms with van der Waals surface area (Å²) in [6, 6.07) is 13.1. The minimum atomic E-state index is -0.405. The number of hydroxylamine groups is 2. The lowest BCUT2D eigenvalue weighted by Crippen LogP contribution is -2.41. The minimum absolute atomic E-state index is 0.0336. The largest absolute Gasteiger partial charge is 0.455 e. The quantitative estimate of drug-likeness (QED) is 0.400. The molecule has 4 nitrogen and oxygen atoms in total. The lowest BCUT2D eigenvalue weighted by Gasteiger charge is -2.39. The molecule has 1 unspecified atom stereocenters. The van der Waals surface area contributed by atoms with E-state index in [1.807, 2.05) is 11.3 Å². The van der Waals surface area contributed by atoms with Crippen LogP contribution in [-0.2, 0) is 15.1 Å². The van der Waals surface area contributed by atoms with Crippen LogP contribution in [0.3, 0.4) is 0 Å². The molecular weight excluding hydrogens is 418 g/mol. The molecule has 6 rings (SSSR count). The van der Waals surface area contributed by atoms with Crippen LogP contribution >= 0.6 is 11.3 Å². The zero-order valence-corrected chi connectivity index (χ0v) is 20.3. The molecule has 5 heteroatoms. The molecule has 3 heterocycles. The lowest BCUT2D eigenvalue weighted by molar-refractivity contribution is -0.342. The first-order valence-electron chi connectivity index (χ1n) is 11.3. The molecule has 0 amide bonds. The van der Waals surface area contributed by atoms with Crippen LogP contribution in [0.2, 0.25) is 0 Å². The van der Waals surface area contributed by atoms with E-state index in [2.05, 4.69) is 90.1 Å². The third-order valence-electron chi connectivity index (χ3n) is 7.59. The van der Waals surface area contributed by atoms with Gasteiger partial charge in [0.2, 0.25) is 0 Å². The molecule has 166 valence electrons. The maximum atomic E-state index is 6.67. The van der Waals surface area contributed by atoms with Crippen LogP contribution in [-0.4, -0.2) is 22.5 Å². The highest BCUT2D eigenvalue weighted by Gasteiger charge is 2.52. The summed E-state index contributed by atoms with van der Waals surface area (Å²) in [5, 5.41) is 4.22. The first kappa shape index (κ1) is 20.4. The first-order chi connectivity index (χ1) is 15.1. The predicted molar refractivity (Wildman–Crippen MR) is 130 cm³/mol. The van der Waals surface area contributed by atoms with Crippen molar-refractivity contribution in [3.05, 3.63) is 65.4 Å². The Kier molecular flexibility index (Phi) is 4.12. The normalized spacial score (nSPS) is 25.8. The molecule has 32 heavy (non-hydrogen) atoms. The molecule has 1 saturated heterocycles. The van der Waals surface area contributed by atoms with Crippen molar-refractivity contribution >= 4 is 31.5 Å². The van der Waals surface area contributed by atoms with Gasteiger partial charge in [-0.15, -0.1) is 11.3 Å². The number of benzene rings is 2. The number of fused-ring (bicyclic) bond motifs is 6. The molecule has 0 bridgehead atoms. The van der Waals surface area contributed by atoms with Crippen molar-refractivity contribution in [2.24, 2.45) is 0 Å². The van der Waals surface area contributed by atoms with E-state index in [9.17, 15) is 0 Å². The van der Waals surface area contributed by atoms with E-state index in [1.54, 1.807) is 5.23 Å². The molecule has 1 aliphatic carbocycles. The first-order valence-corrected chi connectivity index (χ1v) is 12.1. The van der Waals surface area contributed by atoms with Crippen LogP contribution in [0.4, 0.5) is 0 Å². The zero-order chi connectivity index (χ0) is 22.5. The second-order valence-electron chi connectivity index (χ2n) is 10.6. The Morgan fingerprint density at radius 3 is 2.38 bits per heavy atom. The molecule has 3 aliphatic rings. The summed E-state index contributed by atoms with van der Waals surface area (Å²) in [6.07, 6.45) is 5.28. The minimum Gasteiger partial charge on any atom is -0.455 e. The van der Waals surface area contributed by atoms with E-state index in [4.69, 9.17) is 14.4 Å². The Balaban J connectivity index is 1.45. The van der Waals surface area contributed by atoms with Crippen molar-refractivity contribution < 1.29 is 14.4 Å². The summed E-state index contributed by atoms with van der Waals surface area (Å²) >= 11 is 1.81. The van der Waals surface area contributed by atoms with E-state index in [0.29, 0.717) is 0 Å². The standard InChI is InChI=1S/C27H29NO3S/c1-25(2)19-13-11-16(28-30-26(3,4)27(5,6)31-28)15-21(19)29-23-20(25)14-12-18-17-9-7-8-10-22(17)32-24(18)23/h7-10,12-16H,11H2,1-6H3. The highest BCUT2D eigenvalue weighted by atomic mass is 32.1. The Labute approximate surface area is 193 Å². The van der Waals surface area contributed by atoms with Crippen molar-refractivity contribution in [1.29, 1.82) is 0 Å². The molecule has 2 aromatic carbocycles. The van der Waals surface area contributed by atoms with Gasteiger partial charge >= 0.3 is 0 Å². The predicted octanol–water partition coefficient (Wildman–Crippen LogP) is 7.04. The Morgan fingerprint density at radius 1 is 0.906 bits per heavy atom. The summed E-state index contributed by atoms with van der Waals surface area (Å²) in [5.74, 6) is 1.90. The third kappa shape index (κ3) is 2.72. The maximum Gasteiger partial charge on any atom is 0.149 e. The van der Waals surface area contributed by atoms with Gasteiger partial charge in [-0.1, -0.05) is 55.5 Å². The van der Waals surface area contributed by atoms with Crippen LogP contribution in [0, 0.1) is 0 Å². The van der Waals surface area contributed by atoms with Crippen LogP contribution in [0.15, 0.2) is 59.9 Å². The number of hydrogen-bond donors (Lipinski definition) is 0. The van der Waals surface area contributed by atoms with Gasteiger partial charge in [-0.3, -0.25) is 9.68 Å². The number of nitrogens with zero attached hydrogens (tertiary/aromatic N) is 1. The van der Waals surface area contributed by atoms with Gasteiger partial charge in [0.05, 0.1) is 10.7 Å². The van der Waals surface area contributed by atoms with Crippen LogP contribution in [0.5, 0.6) is 5.75 Å². The van der Waals surface area contributed by atoms with E-state index >= 15 is 0 Å². The van der Waals surface area contributed by atoms with Crippen molar-refractivity contribution in [3.8, 4) is 5.75 Å². The van der Waals surface area contributed by atoms with Crippen molar-refractivity contribution in [1.82, 2.24) is 5.23 Å². The molecule has 3 aromatic rings. The molecule has 1 aromatic heterocycles. The van der Waals surface area contributed by atoms with Crippen molar-refractivity contribution in [2.75, 3.05) is 0 Å². The topological polar surface area (TPSA) is 30.9 Å². The molecule has 1 atom stereocenters. The third-order valence-corrected chi connectivity index (χ3v) is 8.78. The molecule has 0 spiro atoms. The van der Waals surface area contributed by atoms with Gasteiger partial charge < -0.3 is 4.74 Å². The average molecular weight is 448 g/mol. The van der Waals surface area contributed by atoms with Crippen molar-refractivity contribution in [2.45, 2.75) is 70.6 Å². The van der Waals surface area contributed by atoms with Gasteiger partial charge in [-0.25, -0.2) is 0 Å². The number of rotatable bonds is 1. The highest BCUT2D eigenvalue weighted by molar-refractivity contribution is 7.26. The second-order valence-corrected chi connectivity index (χ2v) is 11.6. The maximum absolute atomic E-state index is 6.67. The van der Waals surface area contributed by atoms with Gasteiger partial charge in [0.1, 0.15) is 22.7 Å². The fraction of sp³-hybridized carbons (Fsp3) is 0.407. The SMILES string of the molecule is CC1(C)C2=CCC(N3OC(C)(C)C(C)(C)O3)C=C2Oc2c1ccc1c2sc2ccccc21. The summed E-state index contributed by atoms with van der Waals surface area (Å²) in [5.41, 5.74) is 1.53. The Bertz CT molecular complexity index is 1310. The Hall–Kier alpha value is -2.18. The van der Waals surface area contributed by atoms with Gasteiger partial charge in [0, 0.05) is 32.0 Å². The van der Waals surface area contributed by atoms with E-state index in [1.165, 1.54) is 31.3 Å². The van der Waals surface area contributed by atoms with E-state index < -0.39 is 11.2 Å². The summed E-state index contributed by atoms with van der Waals surface area (Å²) in [6.45, 7) is 12.9. The van der Waals surface area contributed by atoms with Gasteiger partial charge in [0.15, 0.2) is 0 Å². The smallest absolute Gasteiger partial charge is 0.149 e. The second kappa shape index (κ2) is 6.45. The Morgan fingerprint density at radius 2 is 1.62 bits per heavy atom. The molecular formula is C27H29NO3S. The number of allylic oxidation sites excluding steroid dienone is 1. The molecule has 0 radical (unpaired) electrons. The van der Waals surface area contributed by atoms with Gasteiger partial charge in [0.25, 0.3) is 0 Å². The molecule has 0 N–H and O–H groups in total. The summed E-state index contributed by atoms with van der Waals surface area (Å²) in [7, 11) is 0. The van der Waals surface area contributed by atoms with Gasteiger partial charge in [-0.2, -0.15) is 0 Å². The van der Waals surface area contributed by atoms with E-state index in [0.717, 1.165) is 17.9 Å². The highest BCUT2D eigenvalue weighted by Crippen LogP contribution is 2.53. The monoisotopic (exact) mass is 447 g/mol. The molecule has 2 aliphatic heterocycles. The van der Waals surface area contributed by atoms with E-state index in [-0.39, 0.29) is 11.5 Å². The van der Waals surface area contributed by atoms with Crippen molar-refractivity contribution in [3.63, 3.8) is 0 Å². The van der Waals surface area contributed by atoms with Gasteiger partial charge in [-0.05, 0) is 46.3 Å². The average Bonchev–Trinajstić information content (AvgIpc) is 3.21. The molecule has 0 saturated carbocycles. The fourth-order valence-corrected chi connectivity index (χ4v) is 6.09. The summed E-state index contributed by atoms with van der Waals surface area (Å²) in [4.78, 5) is 12.4. The zero-order valence-electron chi connectivity index (χ0n) is 19.5.